The number of para-hydroxylation sites is 1. The van der Waals surface area contributed by atoms with E-state index >= 15 is 0 Å². The summed E-state index contributed by atoms with van der Waals surface area (Å²) in [6.07, 6.45) is 1.79. The molecular formula is C24H28N4O2. The molecule has 1 aliphatic heterocycles. The summed E-state index contributed by atoms with van der Waals surface area (Å²) in [7, 11) is 0. The lowest BCUT2D eigenvalue weighted by molar-refractivity contribution is 0.0620. The van der Waals surface area contributed by atoms with E-state index in [4.69, 9.17) is 4.74 Å². The molecule has 1 saturated heterocycles. The number of benzene rings is 2. The molecule has 0 aliphatic carbocycles. The molecule has 0 N–H and O–H groups in total. The Kier molecular flexibility index (Phi) is 6.14. The van der Waals surface area contributed by atoms with Gasteiger partial charge < -0.3 is 9.64 Å². The molecule has 0 spiro atoms. The van der Waals surface area contributed by atoms with Crippen molar-refractivity contribution in [3.63, 3.8) is 0 Å². The van der Waals surface area contributed by atoms with Gasteiger partial charge in [-0.3, -0.25) is 9.69 Å². The van der Waals surface area contributed by atoms with Crippen LogP contribution in [0.2, 0.25) is 0 Å². The third kappa shape index (κ3) is 4.71. The predicted octanol–water partition coefficient (Wildman–Crippen LogP) is 3.49. The van der Waals surface area contributed by atoms with Gasteiger partial charge in [-0.05, 0) is 42.7 Å². The highest BCUT2D eigenvalue weighted by molar-refractivity contribution is 5.92. The zero-order chi connectivity index (χ0) is 20.9. The van der Waals surface area contributed by atoms with Crippen molar-refractivity contribution in [2.24, 2.45) is 0 Å². The van der Waals surface area contributed by atoms with E-state index in [9.17, 15) is 4.79 Å². The Hall–Kier alpha value is -3.12. The normalized spacial score (nSPS) is 14.7. The molecule has 2 aromatic carbocycles. The molecule has 6 nitrogen and oxygen atoms in total. The smallest absolute Gasteiger partial charge is 0.274 e. The van der Waals surface area contributed by atoms with Crippen molar-refractivity contribution in [2.45, 2.75) is 27.1 Å². The monoisotopic (exact) mass is 404 g/mol. The van der Waals surface area contributed by atoms with E-state index < -0.39 is 0 Å². The molecule has 0 unspecified atom stereocenters. The minimum absolute atomic E-state index is 0.0137. The van der Waals surface area contributed by atoms with E-state index in [-0.39, 0.29) is 12.6 Å². The molecular weight excluding hydrogens is 376 g/mol. The SMILES string of the molecule is Cc1ccccc1CN1CCN(C(=O)c2ccn(COc3ccccc3C)n2)CC1. The first-order valence-corrected chi connectivity index (χ1v) is 10.4. The molecule has 1 aliphatic rings. The van der Waals surface area contributed by atoms with Gasteiger partial charge in [0.2, 0.25) is 0 Å². The number of hydrogen-bond acceptors (Lipinski definition) is 4. The molecule has 0 bridgehead atoms. The Morgan fingerprint density at radius 3 is 2.37 bits per heavy atom. The standard InChI is InChI=1S/C24H28N4O2/c1-19-7-3-5-9-21(19)17-26-13-15-27(16-14-26)24(29)22-11-12-28(25-22)18-30-23-10-6-4-8-20(23)2/h3-12H,13-18H2,1-2H3. The second kappa shape index (κ2) is 9.13. The summed E-state index contributed by atoms with van der Waals surface area (Å²) in [5.74, 6) is 0.811. The molecule has 1 aromatic heterocycles. The van der Waals surface area contributed by atoms with Gasteiger partial charge in [0.15, 0.2) is 12.4 Å². The van der Waals surface area contributed by atoms with Gasteiger partial charge in [-0.15, -0.1) is 0 Å². The molecule has 0 radical (unpaired) electrons. The maximum absolute atomic E-state index is 12.9. The fourth-order valence-corrected chi connectivity index (χ4v) is 3.70. The molecule has 0 saturated carbocycles. The van der Waals surface area contributed by atoms with Gasteiger partial charge in [-0.1, -0.05) is 42.5 Å². The van der Waals surface area contributed by atoms with E-state index in [1.54, 1.807) is 16.9 Å². The van der Waals surface area contributed by atoms with Crippen LogP contribution in [0.5, 0.6) is 5.75 Å². The van der Waals surface area contributed by atoms with E-state index in [2.05, 4.69) is 41.2 Å². The number of carbonyl (C=O) groups excluding carboxylic acids is 1. The summed E-state index contributed by atoms with van der Waals surface area (Å²) in [5.41, 5.74) is 4.21. The number of piperazine rings is 1. The zero-order valence-corrected chi connectivity index (χ0v) is 17.6. The number of ether oxygens (including phenoxy) is 1. The van der Waals surface area contributed by atoms with Crippen LogP contribution in [0.3, 0.4) is 0 Å². The number of aromatic nitrogens is 2. The fourth-order valence-electron chi connectivity index (χ4n) is 3.70. The van der Waals surface area contributed by atoms with Gasteiger partial charge in [-0.25, -0.2) is 4.68 Å². The highest BCUT2D eigenvalue weighted by atomic mass is 16.5. The third-order valence-corrected chi connectivity index (χ3v) is 5.62. The van der Waals surface area contributed by atoms with E-state index in [1.165, 1.54) is 11.1 Å². The molecule has 1 fully saturated rings. The van der Waals surface area contributed by atoms with Crippen LogP contribution in [-0.4, -0.2) is 51.7 Å². The van der Waals surface area contributed by atoms with Crippen molar-refractivity contribution < 1.29 is 9.53 Å². The van der Waals surface area contributed by atoms with Crippen molar-refractivity contribution in [2.75, 3.05) is 26.2 Å². The molecule has 0 atom stereocenters. The lowest BCUT2D eigenvalue weighted by Crippen LogP contribution is -2.48. The Balaban J connectivity index is 1.29. The lowest BCUT2D eigenvalue weighted by atomic mass is 10.1. The first kappa shape index (κ1) is 20.2. The highest BCUT2D eigenvalue weighted by Gasteiger charge is 2.24. The van der Waals surface area contributed by atoms with Crippen molar-refractivity contribution in [1.82, 2.24) is 19.6 Å². The van der Waals surface area contributed by atoms with Crippen LogP contribution < -0.4 is 4.74 Å². The first-order chi connectivity index (χ1) is 14.6. The molecule has 4 rings (SSSR count). The van der Waals surface area contributed by atoms with Gasteiger partial charge in [-0.2, -0.15) is 5.10 Å². The average Bonchev–Trinajstić information content (AvgIpc) is 3.24. The van der Waals surface area contributed by atoms with Crippen LogP contribution in [-0.2, 0) is 13.3 Å². The molecule has 6 heteroatoms. The average molecular weight is 405 g/mol. The minimum Gasteiger partial charge on any atom is -0.471 e. The number of carbonyl (C=O) groups is 1. The van der Waals surface area contributed by atoms with Crippen LogP contribution in [0.15, 0.2) is 60.8 Å². The van der Waals surface area contributed by atoms with Gasteiger partial charge in [0.05, 0.1) is 0 Å². The second-order valence-corrected chi connectivity index (χ2v) is 7.77. The Morgan fingerprint density at radius 2 is 1.63 bits per heavy atom. The first-order valence-electron chi connectivity index (χ1n) is 10.4. The fraction of sp³-hybridized carbons (Fsp3) is 0.333. The summed E-state index contributed by atoms with van der Waals surface area (Å²) in [6.45, 7) is 8.55. The number of nitrogens with zero attached hydrogens (tertiary/aromatic N) is 4. The van der Waals surface area contributed by atoms with E-state index in [1.807, 2.05) is 36.1 Å². The zero-order valence-electron chi connectivity index (χ0n) is 17.6. The summed E-state index contributed by atoms with van der Waals surface area (Å²) in [6, 6.07) is 18.1. The summed E-state index contributed by atoms with van der Waals surface area (Å²) >= 11 is 0. The van der Waals surface area contributed by atoms with Crippen LogP contribution in [0.25, 0.3) is 0 Å². The van der Waals surface area contributed by atoms with Gasteiger partial charge in [0.25, 0.3) is 5.91 Å². The summed E-state index contributed by atoms with van der Waals surface area (Å²) in [5, 5.41) is 4.42. The third-order valence-electron chi connectivity index (χ3n) is 5.62. The largest absolute Gasteiger partial charge is 0.471 e. The second-order valence-electron chi connectivity index (χ2n) is 7.77. The molecule has 156 valence electrons. The van der Waals surface area contributed by atoms with Gasteiger partial charge in [0.1, 0.15) is 5.75 Å². The van der Waals surface area contributed by atoms with E-state index in [0.717, 1.165) is 44.0 Å². The molecule has 1 amide bonds. The highest BCUT2D eigenvalue weighted by Crippen LogP contribution is 2.17. The summed E-state index contributed by atoms with van der Waals surface area (Å²) in [4.78, 5) is 17.1. The quantitative estimate of drug-likeness (QED) is 0.631. The maximum atomic E-state index is 12.9. The molecule has 3 aromatic rings. The number of rotatable bonds is 6. The van der Waals surface area contributed by atoms with Crippen LogP contribution >= 0.6 is 0 Å². The molecule has 30 heavy (non-hydrogen) atoms. The Labute approximate surface area is 177 Å². The number of hydrogen-bond donors (Lipinski definition) is 0. The molecule has 2 heterocycles. The lowest BCUT2D eigenvalue weighted by Gasteiger charge is -2.34. The van der Waals surface area contributed by atoms with Gasteiger partial charge >= 0.3 is 0 Å². The van der Waals surface area contributed by atoms with Crippen LogP contribution in [0.4, 0.5) is 0 Å². The van der Waals surface area contributed by atoms with Crippen molar-refractivity contribution in [1.29, 1.82) is 0 Å². The van der Waals surface area contributed by atoms with Crippen LogP contribution in [0.1, 0.15) is 27.2 Å². The summed E-state index contributed by atoms with van der Waals surface area (Å²) < 4.78 is 7.47. The van der Waals surface area contributed by atoms with Crippen LogP contribution in [0, 0.1) is 13.8 Å². The maximum Gasteiger partial charge on any atom is 0.274 e. The van der Waals surface area contributed by atoms with Crippen molar-refractivity contribution in [3.8, 4) is 5.75 Å². The minimum atomic E-state index is -0.0137. The van der Waals surface area contributed by atoms with Gasteiger partial charge in [0, 0.05) is 38.9 Å². The topological polar surface area (TPSA) is 50.6 Å². The number of amides is 1. The Bertz CT molecular complexity index is 1010. The van der Waals surface area contributed by atoms with Crippen molar-refractivity contribution >= 4 is 5.91 Å². The van der Waals surface area contributed by atoms with E-state index in [0.29, 0.717) is 5.69 Å². The van der Waals surface area contributed by atoms with Crippen molar-refractivity contribution in [3.05, 3.63) is 83.2 Å². The predicted molar refractivity (Wildman–Crippen MR) is 116 cm³/mol. The number of aryl methyl sites for hydroxylation is 2. The Morgan fingerprint density at radius 1 is 0.933 bits per heavy atom.